The molecule has 0 fully saturated rings. The van der Waals surface area contributed by atoms with Gasteiger partial charge in [0.05, 0.1) is 6.61 Å². The second kappa shape index (κ2) is 10.6. The van der Waals surface area contributed by atoms with Gasteiger partial charge in [0.25, 0.3) is 0 Å². The minimum atomic E-state index is -0.0190. The first-order valence-corrected chi connectivity index (χ1v) is 7.18. The number of hydrogen-bond donors (Lipinski definition) is 0. The summed E-state index contributed by atoms with van der Waals surface area (Å²) in [5.74, 6) is 1.39. The predicted molar refractivity (Wildman–Crippen MR) is 73.0 cm³/mol. The normalized spacial score (nSPS) is 11.2. The maximum absolute atomic E-state index is 11.3. The van der Waals surface area contributed by atoms with E-state index in [1.165, 1.54) is 19.3 Å². The van der Waals surface area contributed by atoms with Crippen molar-refractivity contribution in [2.24, 2.45) is 11.8 Å². The molecular formula is C15H30O2. The fraction of sp³-hybridized carbons (Fsp3) is 0.933. The van der Waals surface area contributed by atoms with E-state index in [0.29, 0.717) is 18.9 Å². The van der Waals surface area contributed by atoms with Crippen molar-refractivity contribution in [1.29, 1.82) is 0 Å². The molecular weight excluding hydrogens is 212 g/mol. The second-order valence-corrected chi connectivity index (χ2v) is 5.75. The van der Waals surface area contributed by atoms with Gasteiger partial charge in [-0.2, -0.15) is 0 Å². The molecule has 0 N–H and O–H groups in total. The Bertz CT molecular complexity index is 185. The van der Waals surface area contributed by atoms with Crippen LogP contribution in [0.15, 0.2) is 0 Å². The average molecular weight is 242 g/mol. The largest absolute Gasteiger partial charge is 0.466 e. The van der Waals surface area contributed by atoms with E-state index in [2.05, 4.69) is 27.7 Å². The Hall–Kier alpha value is -0.530. The number of hydrogen-bond acceptors (Lipinski definition) is 2. The minimum Gasteiger partial charge on any atom is -0.466 e. The fourth-order valence-electron chi connectivity index (χ4n) is 1.66. The first-order valence-electron chi connectivity index (χ1n) is 7.18. The van der Waals surface area contributed by atoms with Crippen molar-refractivity contribution in [3.8, 4) is 0 Å². The van der Waals surface area contributed by atoms with Crippen molar-refractivity contribution >= 4 is 5.97 Å². The molecule has 17 heavy (non-hydrogen) atoms. The minimum absolute atomic E-state index is 0.0190. The molecule has 0 saturated heterocycles. The quantitative estimate of drug-likeness (QED) is 0.414. The molecule has 0 bridgehead atoms. The molecule has 0 atom stereocenters. The summed E-state index contributed by atoms with van der Waals surface area (Å²) in [5.41, 5.74) is 0. The molecule has 102 valence electrons. The van der Waals surface area contributed by atoms with Gasteiger partial charge in [0.2, 0.25) is 0 Å². The molecule has 0 saturated carbocycles. The number of carbonyl (C=O) groups excluding carboxylic acids is 1. The van der Waals surface area contributed by atoms with Crippen LogP contribution < -0.4 is 0 Å². The molecule has 0 aliphatic carbocycles. The summed E-state index contributed by atoms with van der Waals surface area (Å²) in [6.07, 6.45) is 7.56. The Labute approximate surface area is 107 Å². The van der Waals surface area contributed by atoms with E-state index in [4.69, 9.17) is 4.74 Å². The molecule has 0 radical (unpaired) electrons. The van der Waals surface area contributed by atoms with Crippen molar-refractivity contribution in [1.82, 2.24) is 0 Å². The van der Waals surface area contributed by atoms with Crippen molar-refractivity contribution in [2.75, 3.05) is 6.61 Å². The highest BCUT2D eigenvalue weighted by atomic mass is 16.5. The van der Waals surface area contributed by atoms with Crippen LogP contribution in [0, 0.1) is 11.8 Å². The van der Waals surface area contributed by atoms with Crippen LogP contribution in [0.5, 0.6) is 0 Å². The van der Waals surface area contributed by atoms with Gasteiger partial charge in [0, 0.05) is 6.42 Å². The SMILES string of the molecule is CC(C)CCCCCCC(=O)OCCC(C)C. The van der Waals surface area contributed by atoms with Crippen LogP contribution in [0.3, 0.4) is 0 Å². The van der Waals surface area contributed by atoms with Crippen LogP contribution in [-0.2, 0) is 9.53 Å². The standard InChI is InChI=1S/C15H30O2/c1-13(2)9-7-5-6-8-10-15(16)17-12-11-14(3)4/h13-14H,5-12H2,1-4H3. The van der Waals surface area contributed by atoms with Crippen molar-refractivity contribution in [3.63, 3.8) is 0 Å². The van der Waals surface area contributed by atoms with Crippen LogP contribution in [0.2, 0.25) is 0 Å². The van der Waals surface area contributed by atoms with Crippen molar-refractivity contribution < 1.29 is 9.53 Å². The smallest absolute Gasteiger partial charge is 0.305 e. The molecule has 0 aromatic heterocycles. The summed E-state index contributed by atoms with van der Waals surface area (Å²) in [4.78, 5) is 11.3. The number of ether oxygens (including phenoxy) is 1. The first kappa shape index (κ1) is 16.5. The number of rotatable bonds is 10. The molecule has 0 unspecified atom stereocenters. The number of unbranched alkanes of at least 4 members (excludes halogenated alkanes) is 3. The van der Waals surface area contributed by atoms with Gasteiger partial charge in [-0.3, -0.25) is 4.79 Å². The summed E-state index contributed by atoms with van der Waals surface area (Å²) in [5, 5.41) is 0. The topological polar surface area (TPSA) is 26.3 Å². The molecule has 0 aliphatic rings. The molecule has 0 rings (SSSR count). The number of esters is 1. The Kier molecular flexibility index (Phi) is 10.3. The predicted octanol–water partition coefficient (Wildman–Crippen LogP) is 4.57. The Morgan fingerprint density at radius 1 is 0.882 bits per heavy atom. The van der Waals surface area contributed by atoms with Crippen LogP contribution in [0.4, 0.5) is 0 Å². The van der Waals surface area contributed by atoms with Gasteiger partial charge >= 0.3 is 5.97 Å². The molecule has 2 nitrogen and oxygen atoms in total. The first-order chi connectivity index (χ1) is 8.02. The van der Waals surface area contributed by atoms with E-state index in [1.54, 1.807) is 0 Å². The third-order valence-electron chi connectivity index (χ3n) is 2.87. The van der Waals surface area contributed by atoms with Crippen LogP contribution in [0.25, 0.3) is 0 Å². The molecule has 0 aromatic rings. The lowest BCUT2D eigenvalue weighted by molar-refractivity contribution is -0.144. The van der Waals surface area contributed by atoms with Crippen molar-refractivity contribution in [2.45, 2.75) is 72.6 Å². The third kappa shape index (κ3) is 13.4. The van der Waals surface area contributed by atoms with Gasteiger partial charge in [-0.05, 0) is 24.7 Å². The molecule has 0 spiro atoms. The van der Waals surface area contributed by atoms with Gasteiger partial charge < -0.3 is 4.74 Å². The van der Waals surface area contributed by atoms with E-state index >= 15 is 0 Å². The summed E-state index contributed by atoms with van der Waals surface area (Å²) in [6, 6.07) is 0. The summed E-state index contributed by atoms with van der Waals surface area (Å²) < 4.78 is 5.16. The van der Waals surface area contributed by atoms with Crippen LogP contribution in [0.1, 0.15) is 72.6 Å². The van der Waals surface area contributed by atoms with E-state index in [9.17, 15) is 4.79 Å². The molecule has 0 aromatic carbocycles. The monoisotopic (exact) mass is 242 g/mol. The second-order valence-electron chi connectivity index (χ2n) is 5.75. The highest BCUT2D eigenvalue weighted by Gasteiger charge is 2.03. The average Bonchev–Trinajstić information content (AvgIpc) is 2.22. The van der Waals surface area contributed by atoms with Gasteiger partial charge in [0.15, 0.2) is 0 Å². The van der Waals surface area contributed by atoms with E-state index < -0.39 is 0 Å². The fourth-order valence-corrected chi connectivity index (χ4v) is 1.66. The zero-order valence-corrected chi connectivity index (χ0v) is 12.1. The van der Waals surface area contributed by atoms with E-state index in [-0.39, 0.29) is 5.97 Å². The lowest BCUT2D eigenvalue weighted by Crippen LogP contribution is -2.07. The maximum atomic E-state index is 11.3. The Morgan fingerprint density at radius 2 is 1.47 bits per heavy atom. The lowest BCUT2D eigenvalue weighted by atomic mass is 10.0. The van der Waals surface area contributed by atoms with Crippen LogP contribution >= 0.6 is 0 Å². The lowest BCUT2D eigenvalue weighted by Gasteiger charge is -2.07. The molecule has 0 heterocycles. The van der Waals surface area contributed by atoms with Gasteiger partial charge in [0.1, 0.15) is 0 Å². The van der Waals surface area contributed by atoms with E-state index in [0.717, 1.165) is 25.2 Å². The Balaban J connectivity index is 3.22. The van der Waals surface area contributed by atoms with Crippen molar-refractivity contribution in [3.05, 3.63) is 0 Å². The molecule has 0 aliphatic heterocycles. The van der Waals surface area contributed by atoms with Gasteiger partial charge in [-0.1, -0.05) is 53.4 Å². The summed E-state index contributed by atoms with van der Waals surface area (Å²) in [6.45, 7) is 9.38. The molecule has 0 amide bonds. The highest BCUT2D eigenvalue weighted by molar-refractivity contribution is 5.69. The molecule has 2 heteroatoms. The zero-order valence-electron chi connectivity index (χ0n) is 12.1. The number of carbonyl (C=O) groups is 1. The van der Waals surface area contributed by atoms with Crippen LogP contribution in [-0.4, -0.2) is 12.6 Å². The summed E-state index contributed by atoms with van der Waals surface area (Å²) in [7, 11) is 0. The van der Waals surface area contributed by atoms with Gasteiger partial charge in [-0.25, -0.2) is 0 Å². The van der Waals surface area contributed by atoms with Gasteiger partial charge in [-0.15, -0.1) is 0 Å². The maximum Gasteiger partial charge on any atom is 0.305 e. The highest BCUT2D eigenvalue weighted by Crippen LogP contribution is 2.11. The summed E-state index contributed by atoms with van der Waals surface area (Å²) >= 11 is 0. The zero-order chi connectivity index (χ0) is 13.1. The Morgan fingerprint density at radius 3 is 2.06 bits per heavy atom. The van der Waals surface area contributed by atoms with E-state index in [1.807, 2.05) is 0 Å². The third-order valence-corrected chi connectivity index (χ3v) is 2.87.